The Morgan fingerprint density at radius 2 is 1.75 bits per heavy atom. The van der Waals surface area contributed by atoms with Crippen LogP contribution in [0.1, 0.15) is 39.5 Å². The van der Waals surface area contributed by atoms with Crippen LogP contribution < -0.4 is 0 Å². The SMILES string of the molecule is CC1CC(C)CN(/C=C(/C#N)C(=O)N2CCCCC2)C1. The zero-order chi connectivity index (χ0) is 14.5. The van der Waals surface area contributed by atoms with Crippen LogP contribution in [-0.4, -0.2) is 41.9 Å². The molecular formula is C16H25N3O. The van der Waals surface area contributed by atoms with Gasteiger partial charge in [-0.3, -0.25) is 4.79 Å². The number of likely N-dealkylation sites (tertiary alicyclic amines) is 2. The van der Waals surface area contributed by atoms with Crippen molar-refractivity contribution < 1.29 is 4.79 Å². The van der Waals surface area contributed by atoms with Crippen molar-refractivity contribution in [3.05, 3.63) is 11.8 Å². The molecule has 2 fully saturated rings. The van der Waals surface area contributed by atoms with E-state index in [0.29, 0.717) is 17.4 Å². The first-order chi connectivity index (χ1) is 9.60. The fourth-order valence-electron chi connectivity index (χ4n) is 3.40. The standard InChI is InChI=1S/C16H25N3O/c1-13-8-14(2)11-18(10-13)12-15(9-17)16(20)19-6-4-3-5-7-19/h12-14H,3-8,10-11H2,1-2H3/b15-12-. The van der Waals surface area contributed by atoms with Gasteiger partial charge in [0, 0.05) is 32.4 Å². The van der Waals surface area contributed by atoms with Gasteiger partial charge in [0.15, 0.2) is 0 Å². The summed E-state index contributed by atoms with van der Waals surface area (Å²) in [5.74, 6) is 1.16. The van der Waals surface area contributed by atoms with Gasteiger partial charge in [-0.25, -0.2) is 0 Å². The Morgan fingerprint density at radius 1 is 1.15 bits per heavy atom. The van der Waals surface area contributed by atoms with Crippen molar-refractivity contribution in [3.63, 3.8) is 0 Å². The molecule has 0 aromatic heterocycles. The van der Waals surface area contributed by atoms with Gasteiger partial charge >= 0.3 is 0 Å². The lowest BCUT2D eigenvalue weighted by Crippen LogP contribution is -2.38. The number of carbonyl (C=O) groups is 1. The minimum Gasteiger partial charge on any atom is -0.376 e. The molecule has 1 amide bonds. The van der Waals surface area contributed by atoms with Crippen LogP contribution >= 0.6 is 0 Å². The molecule has 4 nitrogen and oxygen atoms in total. The first-order valence-corrected chi connectivity index (χ1v) is 7.75. The van der Waals surface area contributed by atoms with Crippen molar-refractivity contribution in [2.45, 2.75) is 39.5 Å². The second-order valence-electron chi connectivity index (χ2n) is 6.41. The summed E-state index contributed by atoms with van der Waals surface area (Å²) in [4.78, 5) is 16.4. The summed E-state index contributed by atoms with van der Waals surface area (Å²) in [6, 6.07) is 2.10. The van der Waals surface area contributed by atoms with Crippen molar-refractivity contribution in [2.24, 2.45) is 11.8 Å². The van der Waals surface area contributed by atoms with E-state index in [2.05, 4.69) is 24.8 Å². The molecule has 0 aromatic carbocycles. The fourth-order valence-corrected chi connectivity index (χ4v) is 3.40. The van der Waals surface area contributed by atoms with E-state index in [1.54, 1.807) is 6.20 Å². The molecule has 0 spiro atoms. The summed E-state index contributed by atoms with van der Waals surface area (Å²) in [6.45, 7) is 7.95. The number of piperidine rings is 2. The average Bonchev–Trinajstić information content (AvgIpc) is 2.44. The molecule has 110 valence electrons. The smallest absolute Gasteiger partial charge is 0.266 e. The number of rotatable bonds is 2. The third kappa shape index (κ3) is 3.75. The summed E-state index contributed by atoms with van der Waals surface area (Å²) >= 11 is 0. The molecular weight excluding hydrogens is 250 g/mol. The first kappa shape index (κ1) is 14.9. The van der Waals surface area contributed by atoms with Crippen molar-refractivity contribution in [2.75, 3.05) is 26.2 Å². The summed E-state index contributed by atoms with van der Waals surface area (Å²) < 4.78 is 0. The highest BCUT2D eigenvalue weighted by molar-refractivity contribution is 5.97. The molecule has 2 unspecified atom stereocenters. The molecule has 0 saturated carbocycles. The number of carbonyl (C=O) groups excluding carboxylic acids is 1. The largest absolute Gasteiger partial charge is 0.376 e. The van der Waals surface area contributed by atoms with Crippen LogP contribution in [0.4, 0.5) is 0 Å². The Morgan fingerprint density at radius 3 is 2.30 bits per heavy atom. The van der Waals surface area contributed by atoms with Gasteiger partial charge in [-0.1, -0.05) is 13.8 Å². The van der Waals surface area contributed by atoms with Crippen molar-refractivity contribution in [1.29, 1.82) is 5.26 Å². The predicted octanol–water partition coefficient (Wildman–Crippen LogP) is 2.38. The second-order valence-corrected chi connectivity index (χ2v) is 6.41. The van der Waals surface area contributed by atoms with Crippen LogP contribution in [0.25, 0.3) is 0 Å². The number of hydrogen-bond acceptors (Lipinski definition) is 3. The lowest BCUT2D eigenvalue weighted by atomic mass is 9.92. The molecule has 2 aliphatic rings. The molecule has 2 heterocycles. The van der Waals surface area contributed by atoms with E-state index < -0.39 is 0 Å². The number of hydrogen-bond donors (Lipinski definition) is 0. The summed E-state index contributed by atoms with van der Waals surface area (Å²) in [5, 5.41) is 9.30. The van der Waals surface area contributed by atoms with E-state index in [1.165, 1.54) is 12.8 Å². The van der Waals surface area contributed by atoms with Crippen molar-refractivity contribution in [1.82, 2.24) is 9.80 Å². The van der Waals surface area contributed by atoms with Gasteiger partial charge in [0.05, 0.1) is 0 Å². The Kier molecular flexibility index (Phi) is 5.05. The predicted molar refractivity (Wildman–Crippen MR) is 78.6 cm³/mol. The highest BCUT2D eigenvalue weighted by Crippen LogP contribution is 2.22. The molecule has 2 atom stereocenters. The Bertz CT molecular complexity index is 408. The Labute approximate surface area is 122 Å². The highest BCUT2D eigenvalue weighted by Gasteiger charge is 2.24. The second kappa shape index (κ2) is 6.78. The van der Waals surface area contributed by atoms with E-state index in [4.69, 9.17) is 0 Å². The maximum atomic E-state index is 12.4. The zero-order valence-electron chi connectivity index (χ0n) is 12.6. The molecule has 4 heteroatoms. The number of amides is 1. The quantitative estimate of drug-likeness (QED) is 0.574. The van der Waals surface area contributed by atoms with Crippen molar-refractivity contribution >= 4 is 5.91 Å². The monoisotopic (exact) mass is 275 g/mol. The van der Waals surface area contributed by atoms with Crippen molar-refractivity contribution in [3.8, 4) is 6.07 Å². The maximum Gasteiger partial charge on any atom is 0.266 e. The van der Waals surface area contributed by atoms with Crippen LogP contribution in [0.5, 0.6) is 0 Å². The van der Waals surface area contributed by atoms with E-state index in [9.17, 15) is 10.1 Å². The number of nitriles is 1. The summed E-state index contributed by atoms with van der Waals surface area (Å²) in [7, 11) is 0. The van der Waals surface area contributed by atoms with E-state index in [0.717, 1.165) is 39.0 Å². The molecule has 2 rings (SSSR count). The van der Waals surface area contributed by atoms with Crippen LogP contribution in [0, 0.1) is 23.2 Å². The first-order valence-electron chi connectivity index (χ1n) is 7.75. The minimum absolute atomic E-state index is 0.0851. The maximum absolute atomic E-state index is 12.4. The highest BCUT2D eigenvalue weighted by atomic mass is 16.2. The molecule has 2 aliphatic heterocycles. The molecule has 20 heavy (non-hydrogen) atoms. The third-order valence-corrected chi connectivity index (χ3v) is 4.20. The third-order valence-electron chi connectivity index (χ3n) is 4.20. The van der Waals surface area contributed by atoms with Gasteiger partial charge in [-0.15, -0.1) is 0 Å². The van der Waals surface area contributed by atoms with Crippen LogP contribution in [-0.2, 0) is 4.79 Å². The summed E-state index contributed by atoms with van der Waals surface area (Å²) in [6.07, 6.45) is 6.33. The molecule has 0 N–H and O–H groups in total. The van der Waals surface area contributed by atoms with E-state index >= 15 is 0 Å². The zero-order valence-corrected chi connectivity index (χ0v) is 12.6. The van der Waals surface area contributed by atoms with Gasteiger partial charge in [0.2, 0.25) is 0 Å². The van der Waals surface area contributed by atoms with Crippen LogP contribution in [0.2, 0.25) is 0 Å². The van der Waals surface area contributed by atoms with Crippen LogP contribution in [0.15, 0.2) is 11.8 Å². The fraction of sp³-hybridized carbons (Fsp3) is 0.750. The average molecular weight is 275 g/mol. The molecule has 0 radical (unpaired) electrons. The van der Waals surface area contributed by atoms with Gasteiger partial charge in [0.1, 0.15) is 11.6 Å². The molecule has 0 aliphatic carbocycles. The molecule has 0 aromatic rings. The van der Waals surface area contributed by atoms with Gasteiger partial charge in [-0.2, -0.15) is 5.26 Å². The Balaban J connectivity index is 2.04. The summed E-state index contributed by atoms with van der Waals surface area (Å²) in [5.41, 5.74) is 0.299. The lowest BCUT2D eigenvalue weighted by Gasteiger charge is -2.34. The topological polar surface area (TPSA) is 47.3 Å². The molecule has 0 bridgehead atoms. The Hall–Kier alpha value is -1.50. The van der Waals surface area contributed by atoms with Crippen LogP contribution in [0.3, 0.4) is 0 Å². The van der Waals surface area contributed by atoms with Gasteiger partial charge in [0.25, 0.3) is 5.91 Å². The van der Waals surface area contributed by atoms with E-state index in [1.807, 2.05) is 4.90 Å². The number of nitrogens with zero attached hydrogens (tertiary/aromatic N) is 3. The van der Waals surface area contributed by atoms with E-state index in [-0.39, 0.29) is 5.91 Å². The minimum atomic E-state index is -0.0851. The molecule has 2 saturated heterocycles. The van der Waals surface area contributed by atoms with Gasteiger partial charge < -0.3 is 9.80 Å². The lowest BCUT2D eigenvalue weighted by molar-refractivity contribution is -0.127. The normalized spacial score (nSPS) is 28.1. The van der Waals surface area contributed by atoms with Gasteiger partial charge in [-0.05, 0) is 37.5 Å².